The normalized spacial score (nSPS) is 17.0. The fraction of sp³-hybridized carbons (Fsp3) is 0.292. The number of amides is 1. The maximum absolute atomic E-state index is 13.5. The third-order valence-electron chi connectivity index (χ3n) is 5.40. The summed E-state index contributed by atoms with van der Waals surface area (Å²) in [5.41, 5.74) is 1.60. The number of nitrogens with zero attached hydrogens (tertiary/aromatic N) is 1. The molecule has 2 heterocycles. The lowest BCUT2D eigenvalue weighted by molar-refractivity contribution is -0.120. The predicted molar refractivity (Wildman–Crippen MR) is 127 cm³/mol. The highest BCUT2D eigenvalue weighted by Gasteiger charge is 2.35. The summed E-state index contributed by atoms with van der Waals surface area (Å²) in [7, 11) is -4.00. The van der Waals surface area contributed by atoms with E-state index in [1.54, 1.807) is 11.4 Å². The Morgan fingerprint density at radius 3 is 2.61 bits per heavy atom. The molecule has 1 N–H and O–H groups in total. The standard InChI is InChI=1S/C24H25FN2O4S2/c1-16-6-11-19-20(14-24(2,3)31-21(19)13-16)26-22(28)15-27(18-9-7-17(25)8-10-18)33(29,30)23-5-4-12-32-23/h4-13,20H,14-15H2,1-3H3,(H,26,28). The van der Waals surface area contributed by atoms with Crippen LogP contribution in [0, 0.1) is 12.7 Å². The molecular formula is C24H25FN2O4S2. The van der Waals surface area contributed by atoms with Crippen LogP contribution in [0.1, 0.15) is 37.4 Å². The van der Waals surface area contributed by atoms with Gasteiger partial charge in [0, 0.05) is 12.0 Å². The minimum Gasteiger partial charge on any atom is -0.487 e. The number of halogens is 1. The van der Waals surface area contributed by atoms with Crippen molar-refractivity contribution in [1.29, 1.82) is 0 Å². The van der Waals surface area contributed by atoms with Crippen LogP contribution in [0.15, 0.2) is 64.2 Å². The highest BCUT2D eigenvalue weighted by Crippen LogP contribution is 2.40. The number of sulfonamides is 1. The maximum Gasteiger partial charge on any atom is 0.274 e. The van der Waals surface area contributed by atoms with E-state index in [0.29, 0.717) is 12.2 Å². The summed E-state index contributed by atoms with van der Waals surface area (Å²) in [5.74, 6) is -0.250. The van der Waals surface area contributed by atoms with Gasteiger partial charge in [-0.15, -0.1) is 11.3 Å². The third kappa shape index (κ3) is 5.04. The Bertz CT molecular complexity index is 1260. The van der Waals surface area contributed by atoms with Crippen LogP contribution in [0.2, 0.25) is 0 Å². The number of ether oxygens (including phenoxy) is 1. The number of thiophene rings is 1. The molecule has 2 aromatic carbocycles. The molecule has 0 aliphatic carbocycles. The lowest BCUT2D eigenvalue weighted by Crippen LogP contribution is -2.45. The quantitative estimate of drug-likeness (QED) is 0.540. The zero-order valence-electron chi connectivity index (χ0n) is 18.5. The number of rotatable bonds is 6. The predicted octanol–water partition coefficient (Wildman–Crippen LogP) is 4.81. The maximum atomic E-state index is 13.5. The number of hydrogen-bond acceptors (Lipinski definition) is 5. The topological polar surface area (TPSA) is 75.7 Å². The lowest BCUT2D eigenvalue weighted by Gasteiger charge is -2.38. The van der Waals surface area contributed by atoms with Gasteiger partial charge in [-0.05, 0) is 68.1 Å². The van der Waals surface area contributed by atoms with E-state index in [4.69, 9.17) is 4.74 Å². The first-order valence-corrected chi connectivity index (χ1v) is 12.8. The number of carbonyl (C=O) groups excluding carboxylic acids is 1. The van der Waals surface area contributed by atoms with E-state index in [-0.39, 0.29) is 15.9 Å². The molecular weight excluding hydrogens is 463 g/mol. The lowest BCUT2D eigenvalue weighted by atomic mass is 9.89. The zero-order valence-corrected chi connectivity index (χ0v) is 20.2. The van der Waals surface area contributed by atoms with Crippen molar-refractivity contribution >= 4 is 33.0 Å². The monoisotopic (exact) mass is 488 g/mol. The largest absolute Gasteiger partial charge is 0.487 e. The Labute approximate surface area is 197 Å². The minimum absolute atomic E-state index is 0.104. The molecule has 1 atom stereocenters. The fourth-order valence-corrected chi connectivity index (χ4v) is 6.42. The molecule has 1 aliphatic rings. The van der Waals surface area contributed by atoms with E-state index >= 15 is 0 Å². The first-order valence-electron chi connectivity index (χ1n) is 10.5. The van der Waals surface area contributed by atoms with E-state index in [1.807, 2.05) is 39.0 Å². The molecule has 0 saturated carbocycles. The molecule has 1 amide bonds. The average molecular weight is 489 g/mol. The summed E-state index contributed by atoms with van der Waals surface area (Å²) >= 11 is 1.06. The number of nitrogens with one attached hydrogen (secondary N) is 1. The van der Waals surface area contributed by atoms with Crippen LogP contribution in [-0.4, -0.2) is 26.5 Å². The van der Waals surface area contributed by atoms with E-state index in [0.717, 1.165) is 26.8 Å². The molecule has 6 nitrogen and oxygen atoms in total. The van der Waals surface area contributed by atoms with Crippen LogP contribution in [0.4, 0.5) is 10.1 Å². The average Bonchev–Trinajstić information content (AvgIpc) is 3.27. The molecule has 0 saturated heterocycles. The molecule has 1 aromatic heterocycles. The number of carbonyl (C=O) groups is 1. The number of fused-ring (bicyclic) bond motifs is 1. The highest BCUT2D eigenvalue weighted by atomic mass is 32.2. The molecule has 1 aliphatic heterocycles. The van der Waals surface area contributed by atoms with Crippen LogP contribution in [0.3, 0.4) is 0 Å². The van der Waals surface area contributed by atoms with Crippen molar-refractivity contribution in [2.45, 2.75) is 43.0 Å². The molecule has 33 heavy (non-hydrogen) atoms. The second-order valence-corrected chi connectivity index (χ2v) is 11.7. The number of benzene rings is 2. The van der Waals surface area contributed by atoms with E-state index in [2.05, 4.69) is 5.32 Å². The number of aryl methyl sites for hydroxylation is 1. The van der Waals surface area contributed by atoms with Crippen molar-refractivity contribution in [2.24, 2.45) is 0 Å². The summed E-state index contributed by atoms with van der Waals surface area (Å²) in [6.07, 6.45) is 0.531. The molecule has 9 heteroatoms. The van der Waals surface area contributed by atoms with E-state index in [9.17, 15) is 17.6 Å². The molecule has 0 spiro atoms. The van der Waals surface area contributed by atoms with Gasteiger partial charge < -0.3 is 10.1 Å². The Balaban J connectivity index is 1.62. The molecule has 3 aromatic rings. The van der Waals surface area contributed by atoms with Crippen molar-refractivity contribution in [3.05, 3.63) is 76.9 Å². The molecule has 4 rings (SSSR count). The van der Waals surface area contributed by atoms with Gasteiger partial charge in [-0.3, -0.25) is 9.10 Å². The Kier molecular flexibility index (Phi) is 6.20. The molecule has 1 unspecified atom stereocenters. The molecule has 174 valence electrons. The van der Waals surface area contributed by atoms with Gasteiger partial charge >= 0.3 is 0 Å². The molecule has 0 fully saturated rings. The molecule has 0 bridgehead atoms. The zero-order chi connectivity index (χ0) is 23.8. The van der Waals surface area contributed by atoms with E-state index < -0.39 is 33.9 Å². The Hall–Kier alpha value is -2.91. The van der Waals surface area contributed by atoms with Crippen LogP contribution >= 0.6 is 11.3 Å². The number of anilines is 1. The minimum atomic E-state index is -4.00. The summed E-state index contributed by atoms with van der Waals surface area (Å²) in [6.45, 7) is 5.42. The van der Waals surface area contributed by atoms with Crippen molar-refractivity contribution in [3.63, 3.8) is 0 Å². The third-order valence-corrected chi connectivity index (χ3v) is 8.55. The van der Waals surface area contributed by atoms with Crippen LogP contribution in [0.25, 0.3) is 0 Å². The summed E-state index contributed by atoms with van der Waals surface area (Å²) in [6, 6.07) is 13.6. The first-order chi connectivity index (χ1) is 15.5. The van der Waals surface area contributed by atoms with Crippen molar-refractivity contribution < 1.29 is 22.3 Å². The Morgan fingerprint density at radius 1 is 1.21 bits per heavy atom. The van der Waals surface area contributed by atoms with Crippen LogP contribution < -0.4 is 14.4 Å². The van der Waals surface area contributed by atoms with Gasteiger partial charge in [0.2, 0.25) is 5.91 Å². The smallest absolute Gasteiger partial charge is 0.274 e. The van der Waals surface area contributed by atoms with E-state index in [1.165, 1.54) is 30.3 Å². The second kappa shape index (κ2) is 8.79. The van der Waals surface area contributed by atoms with Gasteiger partial charge in [-0.1, -0.05) is 18.2 Å². The van der Waals surface area contributed by atoms with Crippen LogP contribution in [-0.2, 0) is 14.8 Å². The fourth-order valence-electron chi connectivity index (χ4n) is 3.90. The van der Waals surface area contributed by atoms with Gasteiger partial charge in [0.05, 0.1) is 11.7 Å². The second-order valence-electron chi connectivity index (χ2n) is 8.65. The first kappa shape index (κ1) is 23.3. The number of hydrogen-bond donors (Lipinski definition) is 1. The van der Waals surface area contributed by atoms with Crippen molar-refractivity contribution in [1.82, 2.24) is 5.32 Å². The summed E-state index contributed by atoms with van der Waals surface area (Å²) in [5, 5.41) is 4.64. The van der Waals surface area contributed by atoms with Crippen molar-refractivity contribution in [2.75, 3.05) is 10.8 Å². The highest BCUT2D eigenvalue weighted by molar-refractivity contribution is 7.94. The van der Waals surface area contributed by atoms with Gasteiger partial charge in [0.1, 0.15) is 27.9 Å². The SMILES string of the molecule is Cc1ccc2c(c1)OC(C)(C)CC2NC(=O)CN(c1ccc(F)cc1)S(=O)(=O)c1cccs1. The van der Waals surface area contributed by atoms with Gasteiger partial charge in [0.15, 0.2) is 0 Å². The van der Waals surface area contributed by atoms with Gasteiger partial charge in [0.25, 0.3) is 10.0 Å². The van der Waals surface area contributed by atoms with Crippen molar-refractivity contribution in [3.8, 4) is 5.75 Å². The molecule has 0 radical (unpaired) electrons. The van der Waals surface area contributed by atoms with Gasteiger partial charge in [-0.25, -0.2) is 12.8 Å². The summed E-state index contributed by atoms with van der Waals surface area (Å²) < 4.78 is 47.2. The summed E-state index contributed by atoms with van der Waals surface area (Å²) in [4.78, 5) is 13.1. The van der Waals surface area contributed by atoms with Gasteiger partial charge in [-0.2, -0.15) is 0 Å². The van der Waals surface area contributed by atoms with Crippen LogP contribution in [0.5, 0.6) is 5.75 Å². The Morgan fingerprint density at radius 2 is 1.94 bits per heavy atom.